The summed E-state index contributed by atoms with van der Waals surface area (Å²) in [6.45, 7) is 3.26. The zero-order valence-corrected chi connectivity index (χ0v) is 16.5. The van der Waals surface area contributed by atoms with Gasteiger partial charge in [-0.1, -0.05) is 54.6 Å². The number of rotatable bonds is 7. The number of ether oxygens (including phenoxy) is 1. The van der Waals surface area contributed by atoms with Gasteiger partial charge in [0.15, 0.2) is 0 Å². The van der Waals surface area contributed by atoms with E-state index in [1.807, 2.05) is 72.2 Å². The summed E-state index contributed by atoms with van der Waals surface area (Å²) in [5.41, 5.74) is 10.9. The Kier molecular flexibility index (Phi) is 5.49. The van der Waals surface area contributed by atoms with E-state index in [2.05, 4.69) is 22.8 Å². The highest BCUT2D eigenvalue weighted by Crippen LogP contribution is 2.18. The summed E-state index contributed by atoms with van der Waals surface area (Å²) in [6.07, 6.45) is -0.682. The molecule has 3 N–H and O–H groups in total. The van der Waals surface area contributed by atoms with Crippen LogP contribution in [0.5, 0.6) is 5.75 Å². The Morgan fingerprint density at radius 3 is 2.55 bits per heavy atom. The molecule has 0 saturated heterocycles. The molecular formula is C24H26N3O2+. The first kappa shape index (κ1) is 19.0. The maximum absolute atomic E-state index is 10.6. The van der Waals surface area contributed by atoms with E-state index in [9.17, 15) is 5.11 Å². The molecule has 148 valence electrons. The number of para-hydroxylation sites is 2. The lowest BCUT2D eigenvalue weighted by molar-refractivity contribution is -0.648. The fourth-order valence-corrected chi connectivity index (χ4v) is 3.60. The summed E-state index contributed by atoms with van der Waals surface area (Å²) >= 11 is 0. The average molecular weight is 388 g/mol. The number of fused-ring (bicyclic) bond motifs is 1. The summed E-state index contributed by atoms with van der Waals surface area (Å²) in [4.78, 5) is 0. The van der Waals surface area contributed by atoms with Crippen molar-refractivity contribution in [2.24, 2.45) is 0 Å². The fourth-order valence-electron chi connectivity index (χ4n) is 3.60. The second-order valence-corrected chi connectivity index (χ2v) is 7.31. The molecule has 0 aliphatic carbocycles. The van der Waals surface area contributed by atoms with Gasteiger partial charge in [0.2, 0.25) is 0 Å². The number of aliphatic hydroxyl groups excluding tert-OH is 1. The Morgan fingerprint density at radius 1 is 1.00 bits per heavy atom. The van der Waals surface area contributed by atoms with E-state index in [1.165, 1.54) is 5.56 Å². The molecule has 0 fully saturated rings. The van der Waals surface area contributed by atoms with E-state index in [1.54, 1.807) is 0 Å². The molecule has 29 heavy (non-hydrogen) atoms. The summed E-state index contributed by atoms with van der Waals surface area (Å²) in [7, 11) is 0. The minimum atomic E-state index is -0.682. The number of hydrogen-bond acceptors (Lipinski definition) is 3. The van der Waals surface area contributed by atoms with E-state index in [0.717, 1.165) is 22.3 Å². The number of imidazole rings is 1. The summed E-state index contributed by atoms with van der Waals surface area (Å²) in [5.74, 6) is 1.37. The van der Waals surface area contributed by atoms with Crippen molar-refractivity contribution in [3.8, 4) is 5.75 Å². The molecule has 1 heterocycles. The van der Waals surface area contributed by atoms with Crippen molar-refractivity contribution in [3.05, 3.63) is 90.0 Å². The fraction of sp³-hybridized carbons (Fsp3) is 0.208. The summed E-state index contributed by atoms with van der Waals surface area (Å²) in [5, 5.41) is 10.6. The van der Waals surface area contributed by atoms with Gasteiger partial charge in [0.1, 0.15) is 36.0 Å². The van der Waals surface area contributed by atoms with Crippen LogP contribution in [0.25, 0.3) is 11.0 Å². The first-order valence-corrected chi connectivity index (χ1v) is 9.80. The van der Waals surface area contributed by atoms with Crippen LogP contribution in [0.4, 0.5) is 5.95 Å². The van der Waals surface area contributed by atoms with Crippen molar-refractivity contribution in [1.29, 1.82) is 0 Å². The van der Waals surface area contributed by atoms with Crippen molar-refractivity contribution in [2.75, 3.05) is 12.3 Å². The monoisotopic (exact) mass is 388 g/mol. The Morgan fingerprint density at radius 2 is 1.76 bits per heavy atom. The molecule has 0 unspecified atom stereocenters. The molecule has 5 heteroatoms. The van der Waals surface area contributed by atoms with E-state index >= 15 is 0 Å². The van der Waals surface area contributed by atoms with Crippen LogP contribution >= 0.6 is 0 Å². The second-order valence-electron chi connectivity index (χ2n) is 7.31. The standard InChI is InChI=1S/C24H25N3O2/c1-18-8-7-11-21(14-18)29-17-20(28)16-27-23-13-6-5-12-22(23)26(24(27)25)15-19-9-3-2-4-10-19/h2-14,20,25,28H,15-17H2,1H3/p+1/t20-/m0/s1. The van der Waals surface area contributed by atoms with Gasteiger partial charge in [-0.05, 0) is 42.3 Å². The third-order valence-electron chi connectivity index (χ3n) is 5.03. The summed E-state index contributed by atoms with van der Waals surface area (Å²) < 4.78 is 9.81. The molecule has 1 atom stereocenters. The molecule has 1 aromatic heterocycles. The average Bonchev–Trinajstić information content (AvgIpc) is 2.99. The van der Waals surface area contributed by atoms with Gasteiger partial charge in [-0.15, -0.1) is 0 Å². The quantitative estimate of drug-likeness (QED) is 0.478. The normalized spacial score (nSPS) is 12.2. The van der Waals surface area contributed by atoms with E-state index in [4.69, 9.17) is 10.5 Å². The van der Waals surface area contributed by atoms with Gasteiger partial charge in [0.05, 0.1) is 6.54 Å². The molecule has 0 spiro atoms. The van der Waals surface area contributed by atoms with Crippen LogP contribution in [0.1, 0.15) is 11.1 Å². The largest absolute Gasteiger partial charge is 0.491 e. The van der Waals surface area contributed by atoms with Crippen LogP contribution in [-0.4, -0.2) is 22.4 Å². The number of aryl methyl sites for hydroxylation is 1. The van der Waals surface area contributed by atoms with Crippen LogP contribution in [0.3, 0.4) is 0 Å². The van der Waals surface area contributed by atoms with Crippen molar-refractivity contribution in [3.63, 3.8) is 0 Å². The number of nitrogens with zero attached hydrogens (tertiary/aromatic N) is 2. The van der Waals surface area contributed by atoms with Gasteiger partial charge in [0, 0.05) is 0 Å². The zero-order chi connectivity index (χ0) is 20.2. The molecule has 0 aliphatic heterocycles. The maximum atomic E-state index is 10.6. The number of hydrogen-bond donors (Lipinski definition) is 2. The number of anilines is 1. The van der Waals surface area contributed by atoms with Gasteiger partial charge < -0.3 is 9.84 Å². The Balaban J connectivity index is 1.56. The Bertz CT molecular complexity index is 1110. The third-order valence-corrected chi connectivity index (χ3v) is 5.03. The highest BCUT2D eigenvalue weighted by molar-refractivity contribution is 5.74. The van der Waals surface area contributed by atoms with Gasteiger partial charge in [-0.2, -0.15) is 0 Å². The second kappa shape index (κ2) is 8.37. The minimum absolute atomic E-state index is 0.202. The number of benzene rings is 3. The molecule has 0 amide bonds. The van der Waals surface area contributed by atoms with Crippen molar-refractivity contribution < 1.29 is 14.4 Å². The number of aliphatic hydroxyl groups is 1. The van der Waals surface area contributed by atoms with Gasteiger partial charge in [0.25, 0.3) is 0 Å². The lowest BCUT2D eigenvalue weighted by Crippen LogP contribution is -2.37. The highest BCUT2D eigenvalue weighted by atomic mass is 16.5. The Labute approximate surface area is 170 Å². The molecule has 0 bridgehead atoms. The van der Waals surface area contributed by atoms with Crippen LogP contribution in [0.15, 0.2) is 78.9 Å². The number of nitrogens with two attached hydrogens (primary N) is 1. The van der Waals surface area contributed by atoms with Crippen LogP contribution in [-0.2, 0) is 13.1 Å². The third kappa shape index (κ3) is 4.25. The van der Waals surface area contributed by atoms with Crippen LogP contribution < -0.4 is 15.0 Å². The molecule has 4 rings (SSSR count). The van der Waals surface area contributed by atoms with Crippen molar-refractivity contribution in [1.82, 2.24) is 4.57 Å². The molecule has 0 radical (unpaired) electrons. The van der Waals surface area contributed by atoms with Crippen molar-refractivity contribution in [2.45, 2.75) is 26.1 Å². The van der Waals surface area contributed by atoms with Gasteiger partial charge >= 0.3 is 5.95 Å². The van der Waals surface area contributed by atoms with Crippen molar-refractivity contribution >= 4 is 17.0 Å². The maximum Gasteiger partial charge on any atom is 0.356 e. The first-order valence-electron chi connectivity index (χ1n) is 9.80. The number of aromatic nitrogens is 2. The molecule has 4 aromatic rings. The zero-order valence-electron chi connectivity index (χ0n) is 16.5. The highest BCUT2D eigenvalue weighted by Gasteiger charge is 2.23. The molecular weight excluding hydrogens is 362 g/mol. The molecule has 5 nitrogen and oxygen atoms in total. The van der Waals surface area contributed by atoms with Crippen LogP contribution in [0.2, 0.25) is 0 Å². The predicted molar refractivity (Wildman–Crippen MR) is 115 cm³/mol. The van der Waals surface area contributed by atoms with E-state index in [-0.39, 0.29) is 6.61 Å². The summed E-state index contributed by atoms with van der Waals surface area (Å²) in [6, 6.07) is 26.1. The lowest BCUT2D eigenvalue weighted by Gasteiger charge is -2.12. The lowest BCUT2D eigenvalue weighted by atomic mass is 10.2. The molecule has 0 aliphatic rings. The number of nitrogen functional groups attached to an aromatic ring is 1. The minimum Gasteiger partial charge on any atom is -0.491 e. The molecule has 0 saturated carbocycles. The SMILES string of the molecule is Cc1cccc(OC[C@@H](O)Cn2c(N)[n+](Cc3ccccc3)c3ccccc32)c1. The molecule has 3 aromatic carbocycles. The van der Waals surface area contributed by atoms with Gasteiger partial charge in [-0.25, -0.2) is 9.13 Å². The van der Waals surface area contributed by atoms with E-state index < -0.39 is 6.10 Å². The Hall–Kier alpha value is -3.31. The predicted octanol–water partition coefficient (Wildman–Crippen LogP) is 3.31. The smallest absolute Gasteiger partial charge is 0.356 e. The first-order chi connectivity index (χ1) is 14.1. The van der Waals surface area contributed by atoms with E-state index in [0.29, 0.717) is 19.0 Å². The van der Waals surface area contributed by atoms with Crippen LogP contribution in [0, 0.1) is 6.92 Å². The van der Waals surface area contributed by atoms with Gasteiger partial charge in [-0.3, -0.25) is 5.73 Å². The topological polar surface area (TPSA) is 64.3 Å².